The third-order valence-electron chi connectivity index (χ3n) is 7.01. The summed E-state index contributed by atoms with van der Waals surface area (Å²) in [5.41, 5.74) is 1.97. The number of hydrogen-bond acceptors (Lipinski definition) is 4. The maximum absolute atomic E-state index is 14.5. The fourth-order valence-corrected chi connectivity index (χ4v) is 6.50. The highest BCUT2D eigenvalue weighted by Gasteiger charge is 2.35. The van der Waals surface area contributed by atoms with E-state index in [4.69, 9.17) is 11.6 Å². The maximum Gasteiger partial charge on any atom is 0.264 e. The van der Waals surface area contributed by atoms with Gasteiger partial charge in [-0.05, 0) is 69.2 Å². The SMILES string of the molecule is Cc1cccc(CN(C(=O)CN(c2ccc(F)c(Cl)c2)S(=O)(=O)c2ccccc2)C(Cc2ccccc2)C(=O)NC(C)(C)C)c1. The van der Waals surface area contributed by atoms with E-state index in [1.54, 1.807) is 18.2 Å². The Labute approximate surface area is 269 Å². The monoisotopic (exact) mass is 649 g/mol. The number of rotatable bonds is 11. The molecule has 7 nitrogen and oxygen atoms in total. The smallest absolute Gasteiger partial charge is 0.264 e. The zero-order valence-electron chi connectivity index (χ0n) is 25.7. The molecule has 0 saturated heterocycles. The minimum Gasteiger partial charge on any atom is -0.350 e. The predicted octanol–water partition coefficient (Wildman–Crippen LogP) is 6.54. The molecular formula is C35H37ClFN3O4S. The van der Waals surface area contributed by atoms with Crippen molar-refractivity contribution < 1.29 is 22.4 Å². The van der Waals surface area contributed by atoms with Crippen LogP contribution in [0.3, 0.4) is 0 Å². The van der Waals surface area contributed by atoms with E-state index >= 15 is 0 Å². The summed E-state index contributed by atoms with van der Waals surface area (Å²) < 4.78 is 43.1. The molecule has 4 aromatic carbocycles. The molecule has 1 atom stereocenters. The maximum atomic E-state index is 14.5. The zero-order valence-corrected chi connectivity index (χ0v) is 27.3. The Morgan fingerprint density at radius 2 is 1.49 bits per heavy atom. The molecule has 0 spiro atoms. The van der Waals surface area contributed by atoms with Gasteiger partial charge in [0.25, 0.3) is 10.0 Å². The predicted molar refractivity (Wildman–Crippen MR) is 176 cm³/mol. The Hall–Kier alpha value is -4.21. The minimum absolute atomic E-state index is 0.00728. The average molecular weight is 650 g/mol. The van der Waals surface area contributed by atoms with Gasteiger partial charge < -0.3 is 10.2 Å². The number of sulfonamides is 1. The molecule has 0 aliphatic carbocycles. The average Bonchev–Trinajstić information content (AvgIpc) is 2.99. The number of nitrogens with one attached hydrogen (secondary N) is 1. The highest BCUT2D eigenvalue weighted by molar-refractivity contribution is 7.92. The Bertz CT molecular complexity index is 1750. The highest BCUT2D eigenvalue weighted by atomic mass is 35.5. The van der Waals surface area contributed by atoms with E-state index in [-0.39, 0.29) is 34.5 Å². The molecule has 1 unspecified atom stereocenters. The van der Waals surface area contributed by atoms with Gasteiger partial charge in [-0.25, -0.2) is 12.8 Å². The molecular weight excluding hydrogens is 613 g/mol. The molecule has 0 fully saturated rings. The highest BCUT2D eigenvalue weighted by Crippen LogP contribution is 2.28. The number of benzene rings is 4. The van der Waals surface area contributed by atoms with E-state index in [9.17, 15) is 22.4 Å². The Kier molecular flexibility index (Phi) is 10.7. The van der Waals surface area contributed by atoms with E-state index in [0.29, 0.717) is 0 Å². The van der Waals surface area contributed by atoms with Gasteiger partial charge in [0.15, 0.2) is 0 Å². The molecule has 0 radical (unpaired) electrons. The Morgan fingerprint density at radius 3 is 2.09 bits per heavy atom. The van der Waals surface area contributed by atoms with Crippen LogP contribution in [0.5, 0.6) is 0 Å². The van der Waals surface area contributed by atoms with E-state index in [1.165, 1.54) is 29.2 Å². The minimum atomic E-state index is -4.32. The lowest BCUT2D eigenvalue weighted by atomic mass is 10.0. The van der Waals surface area contributed by atoms with Crippen LogP contribution in [0.4, 0.5) is 10.1 Å². The van der Waals surface area contributed by atoms with Crippen LogP contribution in [0.2, 0.25) is 5.02 Å². The molecule has 0 aliphatic heterocycles. The van der Waals surface area contributed by atoms with E-state index in [0.717, 1.165) is 27.1 Å². The summed E-state index contributed by atoms with van der Waals surface area (Å²) in [6.07, 6.45) is 0.189. The van der Waals surface area contributed by atoms with Crippen molar-refractivity contribution in [1.29, 1.82) is 0 Å². The van der Waals surface area contributed by atoms with Crippen molar-refractivity contribution in [2.75, 3.05) is 10.8 Å². The van der Waals surface area contributed by atoms with E-state index < -0.39 is 39.9 Å². The lowest BCUT2D eigenvalue weighted by Crippen LogP contribution is -2.56. The largest absolute Gasteiger partial charge is 0.350 e. The lowest BCUT2D eigenvalue weighted by Gasteiger charge is -2.35. The molecule has 0 aromatic heterocycles. The molecule has 1 N–H and O–H groups in total. The summed E-state index contributed by atoms with van der Waals surface area (Å²) in [5, 5.41) is 2.71. The Balaban J connectivity index is 1.83. The van der Waals surface area contributed by atoms with Gasteiger partial charge in [0.1, 0.15) is 18.4 Å². The first-order chi connectivity index (χ1) is 21.2. The molecule has 0 saturated carbocycles. The van der Waals surface area contributed by atoms with Crippen molar-refractivity contribution in [2.45, 2.75) is 57.1 Å². The third-order valence-corrected chi connectivity index (χ3v) is 9.08. The topological polar surface area (TPSA) is 86.8 Å². The molecule has 10 heteroatoms. The summed E-state index contributed by atoms with van der Waals surface area (Å²) >= 11 is 6.07. The number of carbonyl (C=O) groups excluding carboxylic acids is 2. The normalized spacial score (nSPS) is 12.3. The lowest BCUT2D eigenvalue weighted by molar-refractivity contribution is -0.140. The number of nitrogens with zero attached hydrogens (tertiary/aromatic N) is 2. The van der Waals surface area contributed by atoms with Gasteiger partial charge in [0.05, 0.1) is 15.6 Å². The molecule has 4 aromatic rings. The number of aryl methyl sites for hydroxylation is 1. The molecule has 4 rings (SSSR count). The number of hydrogen-bond donors (Lipinski definition) is 1. The fourth-order valence-electron chi connectivity index (χ4n) is 4.90. The van der Waals surface area contributed by atoms with Crippen molar-refractivity contribution in [3.05, 3.63) is 131 Å². The van der Waals surface area contributed by atoms with Crippen molar-refractivity contribution in [3.8, 4) is 0 Å². The number of amides is 2. The van der Waals surface area contributed by atoms with Gasteiger partial charge in [0, 0.05) is 18.5 Å². The molecule has 236 valence electrons. The summed E-state index contributed by atoms with van der Waals surface area (Å²) in [5.74, 6) is -1.73. The van der Waals surface area contributed by atoms with Gasteiger partial charge in [-0.15, -0.1) is 0 Å². The summed E-state index contributed by atoms with van der Waals surface area (Å²) in [7, 11) is -4.32. The first kappa shape index (κ1) is 33.7. The van der Waals surface area contributed by atoms with Gasteiger partial charge in [0.2, 0.25) is 11.8 Å². The fraction of sp³-hybridized carbons (Fsp3) is 0.257. The second-order valence-electron chi connectivity index (χ2n) is 11.9. The van der Waals surface area contributed by atoms with Crippen LogP contribution < -0.4 is 9.62 Å². The van der Waals surface area contributed by atoms with Crippen LogP contribution in [-0.4, -0.2) is 43.3 Å². The zero-order chi connectivity index (χ0) is 32.8. The molecule has 0 aliphatic rings. The van der Waals surface area contributed by atoms with Crippen LogP contribution in [-0.2, 0) is 32.6 Å². The summed E-state index contributed by atoms with van der Waals surface area (Å²) in [6, 6.07) is 27.0. The van der Waals surface area contributed by atoms with Crippen molar-refractivity contribution in [2.24, 2.45) is 0 Å². The van der Waals surface area contributed by atoms with Crippen LogP contribution in [0.25, 0.3) is 0 Å². The van der Waals surface area contributed by atoms with E-state index in [2.05, 4.69) is 5.32 Å². The number of halogens is 2. The van der Waals surface area contributed by atoms with Crippen molar-refractivity contribution in [3.63, 3.8) is 0 Å². The summed E-state index contributed by atoms with van der Waals surface area (Å²) in [4.78, 5) is 29.8. The molecule has 0 bridgehead atoms. The van der Waals surface area contributed by atoms with Gasteiger partial charge in [-0.1, -0.05) is 90.0 Å². The first-order valence-electron chi connectivity index (χ1n) is 14.5. The van der Waals surface area contributed by atoms with Gasteiger partial charge >= 0.3 is 0 Å². The van der Waals surface area contributed by atoms with Gasteiger partial charge in [-0.2, -0.15) is 0 Å². The van der Waals surface area contributed by atoms with Gasteiger partial charge in [-0.3, -0.25) is 13.9 Å². The van der Waals surface area contributed by atoms with Crippen molar-refractivity contribution in [1.82, 2.24) is 10.2 Å². The van der Waals surface area contributed by atoms with Crippen LogP contribution >= 0.6 is 11.6 Å². The quantitative estimate of drug-likeness (QED) is 0.200. The molecule has 0 heterocycles. The molecule has 2 amide bonds. The number of carbonyl (C=O) groups is 2. The first-order valence-corrected chi connectivity index (χ1v) is 16.3. The van der Waals surface area contributed by atoms with Crippen molar-refractivity contribution >= 4 is 39.1 Å². The van der Waals surface area contributed by atoms with E-state index in [1.807, 2.05) is 82.3 Å². The summed E-state index contributed by atoms with van der Waals surface area (Å²) in [6.45, 7) is 6.85. The second kappa shape index (κ2) is 14.3. The molecule has 45 heavy (non-hydrogen) atoms. The second-order valence-corrected chi connectivity index (χ2v) is 14.1. The Morgan fingerprint density at radius 1 is 0.867 bits per heavy atom. The van der Waals surface area contributed by atoms with Crippen LogP contribution in [0, 0.1) is 12.7 Å². The van der Waals surface area contributed by atoms with Crippen LogP contribution in [0.1, 0.15) is 37.5 Å². The third kappa shape index (κ3) is 8.93. The van der Waals surface area contributed by atoms with Crippen LogP contribution in [0.15, 0.2) is 108 Å². The number of anilines is 1. The standard InChI is InChI=1S/C35H37ClFN3O4S/c1-25-12-11-15-27(20-25)23-39(32(34(42)38-35(2,3)4)21-26-13-7-5-8-14-26)33(41)24-40(28-18-19-31(37)30(36)22-28)45(43,44)29-16-9-6-10-17-29/h5-20,22,32H,21,23-24H2,1-4H3,(H,38,42).